The summed E-state index contributed by atoms with van der Waals surface area (Å²) in [4.78, 5) is 22.7. The number of hydrogen-bond acceptors (Lipinski definition) is 5. The van der Waals surface area contributed by atoms with E-state index in [1.54, 1.807) is 21.0 Å². The van der Waals surface area contributed by atoms with Gasteiger partial charge in [0.05, 0.1) is 11.0 Å². The second kappa shape index (κ2) is 7.22. The van der Waals surface area contributed by atoms with Crippen LogP contribution in [-0.2, 0) is 15.1 Å². The number of carbonyl (C=O) groups excluding carboxylic acids is 1. The molecule has 1 aromatic carbocycles. The quantitative estimate of drug-likeness (QED) is 0.618. The van der Waals surface area contributed by atoms with E-state index in [-0.39, 0.29) is 24.2 Å². The number of aromatic nitrogens is 2. The fourth-order valence-electron chi connectivity index (χ4n) is 2.22. The standard InChI is InChI=1S/C16H20N4O4/c1-16(2,19-11-13(9-18-19)20(22)23)15(21)17-10-14(24-3)12-7-5-4-6-8-12/h4-9,11,14H,10H2,1-3H3,(H,17,21)/t14-/m0/s1. The molecule has 2 rings (SSSR count). The molecular formula is C16H20N4O4. The van der Waals surface area contributed by atoms with Crippen molar-refractivity contribution in [2.24, 2.45) is 0 Å². The molecule has 1 atom stereocenters. The topological polar surface area (TPSA) is 99.3 Å². The molecule has 0 aliphatic heterocycles. The molecule has 0 bridgehead atoms. The van der Waals surface area contributed by atoms with Crippen LogP contribution in [-0.4, -0.2) is 34.3 Å². The SMILES string of the molecule is CO[C@@H](CNC(=O)C(C)(C)n1cc([N+](=O)[O-])cn1)c1ccccc1. The molecule has 0 saturated heterocycles. The number of hydrogen-bond donors (Lipinski definition) is 1. The minimum Gasteiger partial charge on any atom is -0.375 e. The zero-order chi connectivity index (χ0) is 17.7. The lowest BCUT2D eigenvalue weighted by Crippen LogP contribution is -2.46. The van der Waals surface area contributed by atoms with E-state index in [2.05, 4.69) is 10.4 Å². The highest BCUT2D eigenvalue weighted by Crippen LogP contribution is 2.20. The van der Waals surface area contributed by atoms with Crippen molar-refractivity contribution in [2.75, 3.05) is 13.7 Å². The Kier molecular flexibility index (Phi) is 5.30. The lowest BCUT2D eigenvalue weighted by molar-refractivity contribution is -0.385. The van der Waals surface area contributed by atoms with Gasteiger partial charge in [0.25, 0.3) is 0 Å². The number of rotatable bonds is 7. The van der Waals surface area contributed by atoms with Crippen LogP contribution in [0.4, 0.5) is 5.69 Å². The van der Waals surface area contributed by atoms with Crippen molar-refractivity contribution in [3.63, 3.8) is 0 Å². The van der Waals surface area contributed by atoms with Crippen LogP contribution in [0.15, 0.2) is 42.7 Å². The van der Waals surface area contributed by atoms with Crippen LogP contribution in [0.1, 0.15) is 25.5 Å². The minimum atomic E-state index is -1.07. The first-order valence-corrected chi connectivity index (χ1v) is 7.42. The fourth-order valence-corrected chi connectivity index (χ4v) is 2.22. The molecule has 0 spiro atoms. The van der Waals surface area contributed by atoms with Crippen molar-refractivity contribution in [1.82, 2.24) is 15.1 Å². The van der Waals surface area contributed by atoms with Crippen LogP contribution in [0.3, 0.4) is 0 Å². The van der Waals surface area contributed by atoms with Gasteiger partial charge in [0, 0.05) is 13.7 Å². The molecule has 0 aliphatic carbocycles. The molecule has 2 aromatic rings. The van der Waals surface area contributed by atoms with E-state index >= 15 is 0 Å². The first-order valence-electron chi connectivity index (χ1n) is 7.42. The van der Waals surface area contributed by atoms with E-state index in [0.29, 0.717) is 0 Å². The van der Waals surface area contributed by atoms with Crippen molar-refractivity contribution in [2.45, 2.75) is 25.5 Å². The molecule has 0 radical (unpaired) electrons. The molecular weight excluding hydrogens is 312 g/mol. The van der Waals surface area contributed by atoms with Crippen molar-refractivity contribution >= 4 is 11.6 Å². The predicted molar refractivity (Wildman–Crippen MR) is 87.4 cm³/mol. The van der Waals surface area contributed by atoms with E-state index in [1.165, 1.54) is 10.9 Å². The van der Waals surface area contributed by atoms with E-state index in [0.717, 1.165) is 11.8 Å². The highest BCUT2D eigenvalue weighted by Gasteiger charge is 2.32. The van der Waals surface area contributed by atoms with Gasteiger partial charge in [-0.1, -0.05) is 30.3 Å². The number of methoxy groups -OCH3 is 1. The van der Waals surface area contributed by atoms with Gasteiger partial charge in [0.15, 0.2) is 0 Å². The monoisotopic (exact) mass is 332 g/mol. The normalized spacial score (nSPS) is 12.6. The third-order valence-corrected chi connectivity index (χ3v) is 3.81. The summed E-state index contributed by atoms with van der Waals surface area (Å²) in [5.41, 5.74) is -0.272. The Morgan fingerprint density at radius 1 is 1.42 bits per heavy atom. The first-order chi connectivity index (χ1) is 11.4. The Morgan fingerprint density at radius 2 is 2.08 bits per heavy atom. The van der Waals surface area contributed by atoms with Crippen LogP contribution in [0.5, 0.6) is 0 Å². The van der Waals surface area contributed by atoms with Crippen LogP contribution < -0.4 is 5.32 Å². The lowest BCUT2D eigenvalue weighted by Gasteiger charge is -2.25. The Bertz CT molecular complexity index is 712. The van der Waals surface area contributed by atoms with Gasteiger partial charge in [0.2, 0.25) is 5.91 Å². The Labute approximate surface area is 139 Å². The van der Waals surface area contributed by atoms with Crippen LogP contribution in [0, 0.1) is 10.1 Å². The molecule has 0 unspecified atom stereocenters. The van der Waals surface area contributed by atoms with Gasteiger partial charge in [-0.3, -0.25) is 19.6 Å². The maximum absolute atomic E-state index is 12.5. The predicted octanol–water partition coefficient (Wildman–Crippen LogP) is 2.03. The highest BCUT2D eigenvalue weighted by atomic mass is 16.6. The number of nitro groups is 1. The van der Waals surface area contributed by atoms with Gasteiger partial charge >= 0.3 is 5.69 Å². The maximum atomic E-state index is 12.5. The number of amides is 1. The summed E-state index contributed by atoms with van der Waals surface area (Å²) in [6.07, 6.45) is 2.08. The van der Waals surface area contributed by atoms with Gasteiger partial charge in [0.1, 0.15) is 17.9 Å². The third kappa shape index (κ3) is 3.77. The molecule has 1 N–H and O–H groups in total. The third-order valence-electron chi connectivity index (χ3n) is 3.81. The summed E-state index contributed by atoms with van der Waals surface area (Å²) in [7, 11) is 1.58. The molecule has 1 heterocycles. The molecule has 1 aromatic heterocycles. The zero-order valence-corrected chi connectivity index (χ0v) is 13.8. The number of benzene rings is 1. The molecule has 0 fully saturated rings. The van der Waals surface area contributed by atoms with Crippen molar-refractivity contribution in [3.05, 3.63) is 58.4 Å². The summed E-state index contributed by atoms with van der Waals surface area (Å²) < 4.78 is 6.70. The second-order valence-corrected chi connectivity index (χ2v) is 5.80. The van der Waals surface area contributed by atoms with E-state index < -0.39 is 10.5 Å². The number of nitrogens with zero attached hydrogens (tertiary/aromatic N) is 3. The minimum absolute atomic E-state index is 0.157. The average Bonchev–Trinajstić information content (AvgIpc) is 3.07. The summed E-state index contributed by atoms with van der Waals surface area (Å²) in [6.45, 7) is 3.57. The maximum Gasteiger partial charge on any atom is 0.307 e. The zero-order valence-electron chi connectivity index (χ0n) is 13.8. The largest absolute Gasteiger partial charge is 0.375 e. The van der Waals surface area contributed by atoms with E-state index in [9.17, 15) is 14.9 Å². The summed E-state index contributed by atoms with van der Waals surface area (Å²) >= 11 is 0. The Morgan fingerprint density at radius 3 is 2.62 bits per heavy atom. The number of nitrogens with one attached hydrogen (secondary N) is 1. The van der Waals surface area contributed by atoms with Gasteiger partial charge < -0.3 is 10.1 Å². The summed E-state index contributed by atoms with van der Waals surface area (Å²) in [5, 5.41) is 17.5. The van der Waals surface area contributed by atoms with Gasteiger partial charge in [-0.15, -0.1) is 0 Å². The average molecular weight is 332 g/mol. The summed E-state index contributed by atoms with van der Waals surface area (Å²) in [6, 6.07) is 9.54. The van der Waals surface area contributed by atoms with E-state index in [4.69, 9.17) is 4.74 Å². The molecule has 8 heteroatoms. The highest BCUT2D eigenvalue weighted by molar-refractivity contribution is 5.83. The molecule has 0 saturated carbocycles. The summed E-state index contributed by atoms with van der Waals surface area (Å²) in [5.74, 6) is -0.307. The van der Waals surface area contributed by atoms with E-state index in [1.807, 2.05) is 30.3 Å². The van der Waals surface area contributed by atoms with Crippen molar-refractivity contribution < 1.29 is 14.5 Å². The van der Waals surface area contributed by atoms with Crippen LogP contribution >= 0.6 is 0 Å². The van der Waals surface area contributed by atoms with Crippen molar-refractivity contribution in [1.29, 1.82) is 0 Å². The van der Waals surface area contributed by atoms with Gasteiger partial charge in [-0.05, 0) is 19.4 Å². The molecule has 24 heavy (non-hydrogen) atoms. The smallest absolute Gasteiger partial charge is 0.307 e. The van der Waals surface area contributed by atoms with Gasteiger partial charge in [-0.2, -0.15) is 5.10 Å². The van der Waals surface area contributed by atoms with Crippen molar-refractivity contribution in [3.8, 4) is 0 Å². The molecule has 0 aliphatic rings. The number of ether oxygens (including phenoxy) is 1. The molecule has 1 amide bonds. The van der Waals surface area contributed by atoms with Crippen LogP contribution in [0.25, 0.3) is 0 Å². The second-order valence-electron chi connectivity index (χ2n) is 5.80. The van der Waals surface area contributed by atoms with Gasteiger partial charge in [-0.25, -0.2) is 0 Å². The first kappa shape index (κ1) is 17.6. The number of carbonyl (C=O) groups is 1. The fraction of sp³-hybridized carbons (Fsp3) is 0.375. The Hall–Kier alpha value is -2.74. The lowest BCUT2D eigenvalue weighted by atomic mass is 10.0. The van der Waals surface area contributed by atoms with Crippen LogP contribution in [0.2, 0.25) is 0 Å². The molecule has 128 valence electrons. The molecule has 8 nitrogen and oxygen atoms in total. The Balaban J connectivity index is 2.05.